The van der Waals surface area contributed by atoms with Gasteiger partial charge in [0.15, 0.2) is 0 Å². The third-order valence-electron chi connectivity index (χ3n) is 1.08. The molecule has 0 amide bonds. The highest BCUT2D eigenvalue weighted by Crippen LogP contribution is 2.27. The van der Waals surface area contributed by atoms with Gasteiger partial charge in [0.05, 0.1) is 0 Å². The summed E-state index contributed by atoms with van der Waals surface area (Å²) in [6, 6.07) is 0. The molecule has 0 aromatic rings. The van der Waals surface area contributed by atoms with Gasteiger partial charge in [-0.2, -0.15) is 0 Å². The molecule has 1 radical (unpaired) electrons. The topological polar surface area (TPSA) is 14.1 Å². The first kappa shape index (κ1) is 4.13. The fraction of sp³-hybridized carbons (Fsp3) is 0.800. The van der Waals surface area contributed by atoms with Crippen molar-refractivity contribution >= 4 is 0 Å². The van der Waals surface area contributed by atoms with Gasteiger partial charge in [-0.15, -0.1) is 0 Å². The monoisotopic (exact) mass is 83.1 g/mol. The molecule has 35 valence electrons. The van der Waals surface area contributed by atoms with E-state index < -0.39 is 0 Å². The SMILES string of the molecule is [CH2-][N]CC1CC1. The van der Waals surface area contributed by atoms with E-state index in [9.17, 15) is 0 Å². The summed E-state index contributed by atoms with van der Waals surface area (Å²) in [6.07, 6.45) is 2.78. The highest BCUT2D eigenvalue weighted by Gasteiger charge is 2.18. The molecule has 0 aromatic carbocycles. The van der Waals surface area contributed by atoms with Crippen LogP contribution in [0, 0.1) is 13.0 Å². The molecule has 6 heavy (non-hydrogen) atoms. The van der Waals surface area contributed by atoms with E-state index in [1.54, 1.807) is 0 Å². The van der Waals surface area contributed by atoms with Crippen molar-refractivity contribution in [3.05, 3.63) is 7.05 Å². The van der Waals surface area contributed by atoms with Crippen molar-refractivity contribution in [2.75, 3.05) is 6.54 Å². The van der Waals surface area contributed by atoms with Crippen LogP contribution in [0.2, 0.25) is 0 Å². The fourth-order valence-corrected chi connectivity index (χ4v) is 0.483. The zero-order valence-corrected chi connectivity index (χ0v) is 3.85. The van der Waals surface area contributed by atoms with Crippen LogP contribution in [0.1, 0.15) is 12.8 Å². The number of rotatable bonds is 2. The molecule has 0 N–H and O–H groups in total. The Kier molecular flexibility index (Phi) is 1.10. The molecule has 1 fully saturated rings. The van der Waals surface area contributed by atoms with Crippen LogP contribution in [0.25, 0.3) is 0 Å². The Bertz CT molecular complexity index is 39.2. The van der Waals surface area contributed by atoms with Crippen LogP contribution in [0.3, 0.4) is 0 Å². The number of hydrogen-bond donors (Lipinski definition) is 0. The van der Waals surface area contributed by atoms with Gasteiger partial charge < -0.3 is 5.32 Å². The van der Waals surface area contributed by atoms with Gasteiger partial charge in [-0.05, 0) is 25.3 Å². The number of hydrogen-bond acceptors (Lipinski definition) is 0. The second-order valence-corrected chi connectivity index (χ2v) is 1.85. The predicted molar refractivity (Wildman–Crippen MR) is 25.1 cm³/mol. The van der Waals surface area contributed by atoms with E-state index >= 15 is 0 Å². The van der Waals surface area contributed by atoms with Crippen molar-refractivity contribution < 1.29 is 0 Å². The summed E-state index contributed by atoms with van der Waals surface area (Å²) in [6.45, 7) is 1.00. The molecule has 0 unspecified atom stereocenters. The second-order valence-electron chi connectivity index (χ2n) is 1.85. The lowest BCUT2D eigenvalue weighted by Gasteiger charge is -1.94. The van der Waals surface area contributed by atoms with Gasteiger partial charge in [0.1, 0.15) is 0 Å². The van der Waals surface area contributed by atoms with E-state index in [0.29, 0.717) is 0 Å². The summed E-state index contributed by atoms with van der Waals surface area (Å²) in [7, 11) is 3.39. The summed E-state index contributed by atoms with van der Waals surface area (Å²) in [4.78, 5) is 0. The molecule has 0 bridgehead atoms. The van der Waals surface area contributed by atoms with E-state index in [1.165, 1.54) is 12.8 Å². The second kappa shape index (κ2) is 1.61. The summed E-state index contributed by atoms with van der Waals surface area (Å²) in [5.41, 5.74) is 0. The first-order valence-electron chi connectivity index (χ1n) is 2.36. The Morgan fingerprint density at radius 1 is 1.67 bits per heavy atom. The van der Waals surface area contributed by atoms with Crippen LogP contribution in [-0.4, -0.2) is 6.54 Å². The molecule has 1 aliphatic rings. The van der Waals surface area contributed by atoms with Crippen molar-refractivity contribution in [3.8, 4) is 0 Å². The van der Waals surface area contributed by atoms with Crippen molar-refractivity contribution in [2.24, 2.45) is 5.92 Å². The minimum atomic E-state index is 0.919. The summed E-state index contributed by atoms with van der Waals surface area (Å²) < 4.78 is 0. The van der Waals surface area contributed by atoms with Crippen molar-refractivity contribution in [2.45, 2.75) is 12.8 Å². The highest BCUT2D eigenvalue weighted by molar-refractivity contribution is 4.74. The van der Waals surface area contributed by atoms with Crippen LogP contribution in [-0.2, 0) is 0 Å². The zero-order chi connectivity index (χ0) is 4.41. The highest BCUT2D eigenvalue weighted by atomic mass is 14.8. The van der Waals surface area contributed by atoms with Gasteiger partial charge in [-0.3, -0.25) is 7.05 Å². The maximum atomic E-state index is 3.75. The summed E-state index contributed by atoms with van der Waals surface area (Å²) in [5.74, 6) is 0.919. The van der Waals surface area contributed by atoms with E-state index in [1.807, 2.05) is 0 Å². The summed E-state index contributed by atoms with van der Waals surface area (Å²) >= 11 is 0. The van der Waals surface area contributed by atoms with Crippen molar-refractivity contribution in [1.29, 1.82) is 0 Å². The van der Waals surface area contributed by atoms with Crippen molar-refractivity contribution in [3.63, 3.8) is 0 Å². The number of nitrogens with zero attached hydrogens (tertiary/aromatic N) is 1. The van der Waals surface area contributed by atoms with Crippen LogP contribution < -0.4 is 5.32 Å². The lowest BCUT2D eigenvalue weighted by Crippen LogP contribution is -1.96. The molecule has 1 heteroatoms. The molecule has 0 saturated heterocycles. The van der Waals surface area contributed by atoms with Crippen LogP contribution in [0.15, 0.2) is 0 Å². The zero-order valence-electron chi connectivity index (χ0n) is 3.85. The largest absolute Gasteiger partial charge is 0.424 e. The molecular weight excluding hydrogens is 74.1 g/mol. The van der Waals surface area contributed by atoms with Crippen molar-refractivity contribution in [1.82, 2.24) is 5.32 Å². The van der Waals surface area contributed by atoms with E-state index in [4.69, 9.17) is 0 Å². The van der Waals surface area contributed by atoms with E-state index in [-0.39, 0.29) is 0 Å². The maximum Gasteiger partial charge on any atom is -0.0175 e. The normalized spacial score (nSPS) is 21.5. The lowest BCUT2D eigenvalue weighted by molar-refractivity contribution is 0.734. The minimum Gasteiger partial charge on any atom is -0.424 e. The maximum absolute atomic E-state index is 3.75. The summed E-state index contributed by atoms with van der Waals surface area (Å²) in [5, 5.41) is 3.75. The van der Waals surface area contributed by atoms with Gasteiger partial charge in [0.25, 0.3) is 0 Å². The molecule has 0 aromatic heterocycles. The minimum absolute atomic E-state index is 0.919. The first-order valence-corrected chi connectivity index (χ1v) is 2.36. The quantitative estimate of drug-likeness (QED) is 0.438. The Morgan fingerprint density at radius 3 is 2.50 bits per heavy atom. The molecule has 0 atom stereocenters. The molecule has 0 aliphatic heterocycles. The van der Waals surface area contributed by atoms with Crippen LogP contribution >= 0.6 is 0 Å². The molecule has 1 rings (SSSR count). The third kappa shape index (κ3) is 0.977. The molecule has 1 nitrogen and oxygen atoms in total. The Morgan fingerprint density at radius 2 is 2.33 bits per heavy atom. The van der Waals surface area contributed by atoms with E-state index in [0.717, 1.165) is 12.5 Å². The standard InChI is InChI=1S/C5H9N/c1-6-4-5-2-3-5/h5H,1-4H2/q-1. The molecular formula is C5H9N-. The van der Waals surface area contributed by atoms with Crippen LogP contribution in [0.5, 0.6) is 0 Å². The lowest BCUT2D eigenvalue weighted by atomic mass is 10.4. The predicted octanol–water partition coefficient (Wildman–Crippen LogP) is 0.792. The first-order chi connectivity index (χ1) is 2.93. The van der Waals surface area contributed by atoms with Gasteiger partial charge in [-0.1, -0.05) is 0 Å². The smallest absolute Gasteiger partial charge is 0.0175 e. The molecule has 1 saturated carbocycles. The Balaban J connectivity index is 1.88. The molecule has 0 heterocycles. The average Bonchev–Trinajstić information content (AvgIpc) is 2.21. The molecule has 1 aliphatic carbocycles. The molecule has 0 spiro atoms. The van der Waals surface area contributed by atoms with Gasteiger partial charge in [0.2, 0.25) is 0 Å². The van der Waals surface area contributed by atoms with Gasteiger partial charge in [0, 0.05) is 0 Å². The van der Waals surface area contributed by atoms with Crippen LogP contribution in [0.4, 0.5) is 0 Å². The Labute approximate surface area is 38.7 Å². The van der Waals surface area contributed by atoms with Gasteiger partial charge >= 0.3 is 0 Å². The third-order valence-corrected chi connectivity index (χ3v) is 1.08. The van der Waals surface area contributed by atoms with Gasteiger partial charge in [-0.25, -0.2) is 0 Å². The van der Waals surface area contributed by atoms with E-state index in [2.05, 4.69) is 12.4 Å². The fourth-order valence-electron chi connectivity index (χ4n) is 0.483. The Hall–Kier alpha value is -0.0400. The average molecular weight is 83.1 g/mol.